The molecule has 0 aromatic heterocycles. The second kappa shape index (κ2) is 5.22. The predicted molar refractivity (Wildman–Crippen MR) is 74.1 cm³/mol. The highest BCUT2D eigenvalue weighted by molar-refractivity contribution is 5.57. The monoisotopic (exact) mass is 268 g/mol. The lowest BCUT2D eigenvalue weighted by molar-refractivity contribution is 0.357. The fourth-order valence-corrected chi connectivity index (χ4v) is 2.31. The van der Waals surface area contributed by atoms with Crippen LogP contribution in [0, 0.1) is 17.1 Å². The van der Waals surface area contributed by atoms with Crippen molar-refractivity contribution in [3.63, 3.8) is 0 Å². The van der Waals surface area contributed by atoms with Crippen molar-refractivity contribution in [2.75, 3.05) is 11.9 Å². The third-order valence-electron chi connectivity index (χ3n) is 3.34. The molecule has 2 aromatic carbocycles. The van der Waals surface area contributed by atoms with Crippen LogP contribution < -0.4 is 10.1 Å². The van der Waals surface area contributed by atoms with Gasteiger partial charge in [-0.2, -0.15) is 5.26 Å². The summed E-state index contributed by atoms with van der Waals surface area (Å²) in [5, 5.41) is 12.2. The number of halogens is 1. The van der Waals surface area contributed by atoms with Gasteiger partial charge in [0.15, 0.2) is 0 Å². The summed E-state index contributed by atoms with van der Waals surface area (Å²) in [6.07, 6.45) is 0.934. The molecule has 0 aliphatic carbocycles. The molecule has 0 radical (unpaired) electrons. The first kappa shape index (κ1) is 12.5. The molecule has 0 spiro atoms. The Balaban J connectivity index is 1.75. The normalized spacial score (nSPS) is 12.4. The maximum Gasteiger partial charge on any atom is 0.124 e. The van der Waals surface area contributed by atoms with Crippen molar-refractivity contribution in [3.8, 4) is 11.8 Å². The summed E-state index contributed by atoms with van der Waals surface area (Å²) in [6.45, 7) is 1.33. The second-order valence-corrected chi connectivity index (χ2v) is 4.70. The third kappa shape index (κ3) is 2.43. The average molecular weight is 268 g/mol. The zero-order chi connectivity index (χ0) is 13.9. The van der Waals surface area contributed by atoms with Crippen LogP contribution in [0.25, 0.3) is 0 Å². The molecule has 1 heterocycles. The van der Waals surface area contributed by atoms with Gasteiger partial charge in [-0.1, -0.05) is 12.1 Å². The van der Waals surface area contributed by atoms with E-state index in [1.54, 1.807) is 6.07 Å². The van der Waals surface area contributed by atoms with E-state index in [1.807, 2.05) is 18.2 Å². The van der Waals surface area contributed by atoms with Crippen LogP contribution in [-0.2, 0) is 13.0 Å². The van der Waals surface area contributed by atoms with E-state index in [0.29, 0.717) is 17.8 Å². The van der Waals surface area contributed by atoms with Crippen molar-refractivity contribution >= 4 is 5.69 Å². The molecule has 0 fully saturated rings. The van der Waals surface area contributed by atoms with Crippen LogP contribution in [0.3, 0.4) is 0 Å². The van der Waals surface area contributed by atoms with Crippen LogP contribution in [0.4, 0.5) is 10.1 Å². The van der Waals surface area contributed by atoms with E-state index < -0.39 is 5.82 Å². The molecule has 0 saturated carbocycles. The first-order valence-electron chi connectivity index (χ1n) is 6.44. The highest BCUT2D eigenvalue weighted by Gasteiger charge is 2.12. The Morgan fingerprint density at radius 2 is 2.15 bits per heavy atom. The molecule has 0 bridgehead atoms. The van der Waals surface area contributed by atoms with Gasteiger partial charge >= 0.3 is 0 Å². The lowest BCUT2D eigenvalue weighted by Gasteiger charge is -2.09. The van der Waals surface area contributed by atoms with Crippen LogP contribution in [0.1, 0.15) is 16.7 Å². The van der Waals surface area contributed by atoms with Gasteiger partial charge in [0, 0.05) is 13.0 Å². The van der Waals surface area contributed by atoms with E-state index in [9.17, 15) is 4.39 Å². The Labute approximate surface area is 116 Å². The van der Waals surface area contributed by atoms with E-state index in [-0.39, 0.29) is 0 Å². The van der Waals surface area contributed by atoms with Gasteiger partial charge in [-0.25, -0.2) is 4.39 Å². The summed E-state index contributed by atoms with van der Waals surface area (Å²) in [7, 11) is 0. The summed E-state index contributed by atoms with van der Waals surface area (Å²) in [4.78, 5) is 0. The molecule has 0 amide bonds. The molecule has 1 N–H and O–H groups in total. The summed E-state index contributed by atoms with van der Waals surface area (Å²) >= 11 is 0. The number of anilines is 1. The lowest BCUT2D eigenvalue weighted by atomic mass is 10.1. The topological polar surface area (TPSA) is 45.0 Å². The Bertz CT molecular complexity index is 691. The molecular formula is C16H13FN2O. The number of ether oxygens (including phenoxy) is 1. The number of hydrogen-bond acceptors (Lipinski definition) is 3. The van der Waals surface area contributed by atoms with E-state index in [2.05, 4.69) is 11.4 Å². The number of hydrogen-bond donors (Lipinski definition) is 1. The zero-order valence-corrected chi connectivity index (χ0v) is 10.8. The molecule has 0 atom stereocenters. The molecule has 3 nitrogen and oxygen atoms in total. The number of benzene rings is 2. The van der Waals surface area contributed by atoms with Crippen molar-refractivity contribution in [1.29, 1.82) is 5.26 Å². The third-order valence-corrected chi connectivity index (χ3v) is 3.34. The second-order valence-electron chi connectivity index (χ2n) is 4.70. The number of nitrogens with zero attached hydrogens (tertiary/aromatic N) is 1. The quantitative estimate of drug-likeness (QED) is 0.929. The van der Waals surface area contributed by atoms with E-state index in [1.165, 1.54) is 17.7 Å². The van der Waals surface area contributed by atoms with Gasteiger partial charge in [0.25, 0.3) is 0 Å². The van der Waals surface area contributed by atoms with Crippen LogP contribution in [-0.4, -0.2) is 6.61 Å². The first-order valence-corrected chi connectivity index (χ1v) is 6.44. The maximum atomic E-state index is 13.1. The fraction of sp³-hybridized carbons (Fsp3) is 0.188. The Morgan fingerprint density at radius 3 is 3.00 bits per heavy atom. The lowest BCUT2D eigenvalue weighted by Crippen LogP contribution is -2.02. The van der Waals surface area contributed by atoms with Gasteiger partial charge in [-0.3, -0.25) is 0 Å². The van der Waals surface area contributed by atoms with Gasteiger partial charge in [-0.15, -0.1) is 0 Å². The van der Waals surface area contributed by atoms with Gasteiger partial charge in [0.1, 0.15) is 17.6 Å². The molecule has 100 valence electrons. The molecule has 0 unspecified atom stereocenters. The zero-order valence-electron chi connectivity index (χ0n) is 10.8. The SMILES string of the molecule is N#Cc1cc(F)ccc1NCc1ccc2c(c1)CCO2. The summed E-state index contributed by atoms with van der Waals surface area (Å²) in [6, 6.07) is 12.2. The minimum absolute atomic E-state index is 0.314. The Kier molecular flexibility index (Phi) is 3.26. The van der Waals surface area contributed by atoms with Crippen molar-refractivity contribution in [1.82, 2.24) is 0 Å². The molecule has 1 aliphatic rings. The fourth-order valence-electron chi connectivity index (χ4n) is 2.31. The molecular weight excluding hydrogens is 255 g/mol. The predicted octanol–water partition coefficient (Wildman–Crippen LogP) is 3.24. The van der Waals surface area contributed by atoms with Gasteiger partial charge in [-0.05, 0) is 35.4 Å². The Hall–Kier alpha value is -2.54. The number of nitrogens with one attached hydrogen (secondary N) is 1. The molecule has 2 aromatic rings. The van der Waals surface area contributed by atoms with E-state index in [0.717, 1.165) is 24.3 Å². The van der Waals surface area contributed by atoms with Crippen LogP contribution >= 0.6 is 0 Å². The smallest absolute Gasteiger partial charge is 0.124 e. The highest BCUT2D eigenvalue weighted by Crippen LogP contribution is 2.26. The van der Waals surface area contributed by atoms with E-state index >= 15 is 0 Å². The molecule has 1 aliphatic heterocycles. The van der Waals surface area contributed by atoms with Gasteiger partial charge < -0.3 is 10.1 Å². The van der Waals surface area contributed by atoms with Gasteiger partial charge in [0.2, 0.25) is 0 Å². The van der Waals surface area contributed by atoms with E-state index in [4.69, 9.17) is 10.00 Å². The summed E-state index contributed by atoms with van der Waals surface area (Å²) in [5.74, 6) is 0.551. The molecule has 20 heavy (non-hydrogen) atoms. The van der Waals surface area contributed by atoms with Crippen LogP contribution in [0.5, 0.6) is 5.75 Å². The maximum absolute atomic E-state index is 13.1. The Morgan fingerprint density at radius 1 is 1.25 bits per heavy atom. The first-order chi connectivity index (χ1) is 9.76. The summed E-state index contributed by atoms with van der Waals surface area (Å²) in [5.41, 5.74) is 3.28. The van der Waals surface area contributed by atoms with Crippen LogP contribution in [0.15, 0.2) is 36.4 Å². The van der Waals surface area contributed by atoms with Crippen molar-refractivity contribution < 1.29 is 9.13 Å². The largest absolute Gasteiger partial charge is 0.493 e. The van der Waals surface area contributed by atoms with Crippen LogP contribution in [0.2, 0.25) is 0 Å². The standard InChI is InChI=1S/C16H13FN2O/c17-14-2-3-15(13(8-14)9-18)19-10-11-1-4-16-12(7-11)5-6-20-16/h1-4,7-8,19H,5-6,10H2. The average Bonchev–Trinajstić information content (AvgIpc) is 2.93. The molecule has 3 rings (SSSR count). The number of fused-ring (bicyclic) bond motifs is 1. The summed E-state index contributed by atoms with van der Waals surface area (Å²) < 4.78 is 18.5. The number of nitriles is 1. The van der Waals surface area contributed by atoms with Crippen molar-refractivity contribution in [2.24, 2.45) is 0 Å². The number of rotatable bonds is 3. The van der Waals surface area contributed by atoms with Crippen molar-refractivity contribution in [3.05, 3.63) is 58.9 Å². The minimum Gasteiger partial charge on any atom is -0.493 e. The van der Waals surface area contributed by atoms with Gasteiger partial charge in [0.05, 0.1) is 17.9 Å². The molecule has 0 saturated heterocycles. The highest BCUT2D eigenvalue weighted by atomic mass is 19.1. The van der Waals surface area contributed by atoms with Crippen molar-refractivity contribution in [2.45, 2.75) is 13.0 Å². The minimum atomic E-state index is -0.401. The molecule has 4 heteroatoms.